The Morgan fingerprint density at radius 1 is 1.10 bits per heavy atom. The molecule has 0 aliphatic carbocycles. The first-order chi connectivity index (χ1) is 9.74. The fourth-order valence-corrected chi connectivity index (χ4v) is 3.02. The van der Waals surface area contributed by atoms with Crippen molar-refractivity contribution in [2.75, 3.05) is 10.2 Å². The van der Waals surface area contributed by atoms with Crippen LogP contribution in [-0.4, -0.2) is 11.0 Å². The van der Waals surface area contributed by atoms with E-state index in [4.69, 9.17) is 12.2 Å². The van der Waals surface area contributed by atoms with Gasteiger partial charge < -0.3 is 10.2 Å². The van der Waals surface area contributed by atoms with Crippen molar-refractivity contribution in [2.45, 2.75) is 25.9 Å². The predicted molar refractivity (Wildman–Crippen MR) is 89.4 cm³/mol. The molecule has 1 aliphatic rings. The first-order valence-electron chi connectivity index (χ1n) is 6.93. The summed E-state index contributed by atoms with van der Waals surface area (Å²) >= 11 is 5.43. The van der Waals surface area contributed by atoms with E-state index in [-0.39, 0.29) is 0 Å². The maximum atomic E-state index is 5.43. The molecule has 102 valence electrons. The van der Waals surface area contributed by atoms with E-state index in [9.17, 15) is 0 Å². The molecule has 0 aromatic heterocycles. The second-order valence-corrected chi connectivity index (χ2v) is 5.72. The van der Waals surface area contributed by atoms with Gasteiger partial charge in [0.25, 0.3) is 0 Å². The van der Waals surface area contributed by atoms with Crippen molar-refractivity contribution >= 4 is 28.6 Å². The van der Waals surface area contributed by atoms with Gasteiger partial charge in [-0.1, -0.05) is 54.7 Å². The maximum absolute atomic E-state index is 5.43. The summed E-state index contributed by atoms with van der Waals surface area (Å²) in [5.41, 5.74) is 3.66. The van der Waals surface area contributed by atoms with E-state index in [0.29, 0.717) is 6.04 Å². The number of hydrogen-bond acceptors (Lipinski definition) is 2. The van der Waals surface area contributed by atoms with Crippen LogP contribution in [0, 0.1) is 0 Å². The minimum atomic E-state index is 0.388. The minimum absolute atomic E-state index is 0.388. The molecule has 1 atom stereocenters. The van der Waals surface area contributed by atoms with Gasteiger partial charge in [0, 0.05) is 19.0 Å². The van der Waals surface area contributed by atoms with E-state index in [1.54, 1.807) is 0 Å². The molecule has 0 saturated carbocycles. The standard InChI is InChI=1S/C17H18N2S/c1-13-11-17(20)18-15-9-5-6-10-16(15)19(13)12-14-7-3-2-4-8-14/h2-10,13H,11-12H2,1H3,(H,18,20)/t13-/m0/s1. The molecule has 3 rings (SSSR count). The third kappa shape index (κ3) is 2.68. The molecule has 0 radical (unpaired) electrons. The number of fused-ring (bicyclic) bond motifs is 1. The van der Waals surface area contributed by atoms with Crippen molar-refractivity contribution in [3.8, 4) is 0 Å². The number of anilines is 2. The van der Waals surface area contributed by atoms with Gasteiger partial charge in [-0.25, -0.2) is 0 Å². The zero-order chi connectivity index (χ0) is 13.9. The molecular weight excluding hydrogens is 264 g/mol. The number of hydrogen-bond donors (Lipinski definition) is 1. The van der Waals surface area contributed by atoms with E-state index in [1.165, 1.54) is 11.3 Å². The Kier molecular flexibility index (Phi) is 3.70. The van der Waals surface area contributed by atoms with Crippen LogP contribution in [0.4, 0.5) is 11.4 Å². The van der Waals surface area contributed by atoms with Crippen LogP contribution in [0.15, 0.2) is 54.6 Å². The normalized spacial score (nSPS) is 18.1. The zero-order valence-corrected chi connectivity index (χ0v) is 12.4. The third-order valence-electron chi connectivity index (χ3n) is 3.70. The molecule has 2 nitrogen and oxygen atoms in total. The van der Waals surface area contributed by atoms with E-state index in [0.717, 1.165) is 23.6 Å². The summed E-state index contributed by atoms with van der Waals surface area (Å²) in [4.78, 5) is 3.34. The van der Waals surface area contributed by atoms with Crippen LogP contribution in [-0.2, 0) is 6.54 Å². The van der Waals surface area contributed by atoms with Crippen molar-refractivity contribution in [1.82, 2.24) is 0 Å². The lowest BCUT2D eigenvalue weighted by atomic mass is 10.1. The summed E-state index contributed by atoms with van der Waals surface area (Å²) in [7, 11) is 0. The average Bonchev–Trinajstić information content (AvgIpc) is 2.57. The summed E-state index contributed by atoms with van der Waals surface area (Å²) in [6.07, 6.45) is 0.886. The number of thiocarbonyl (C=S) groups is 1. The van der Waals surface area contributed by atoms with Crippen molar-refractivity contribution < 1.29 is 0 Å². The molecule has 1 N–H and O–H groups in total. The summed E-state index contributed by atoms with van der Waals surface area (Å²) in [6, 6.07) is 19.4. The molecule has 2 aromatic carbocycles. The fraction of sp³-hybridized carbons (Fsp3) is 0.235. The van der Waals surface area contributed by atoms with Gasteiger partial charge in [0.05, 0.1) is 16.4 Å². The second kappa shape index (κ2) is 5.63. The Morgan fingerprint density at radius 2 is 1.80 bits per heavy atom. The van der Waals surface area contributed by atoms with Gasteiger partial charge in [-0.05, 0) is 24.6 Å². The molecule has 0 bridgehead atoms. The first-order valence-corrected chi connectivity index (χ1v) is 7.34. The van der Waals surface area contributed by atoms with Crippen LogP contribution in [0.1, 0.15) is 18.9 Å². The molecule has 20 heavy (non-hydrogen) atoms. The highest BCUT2D eigenvalue weighted by atomic mass is 32.1. The van der Waals surface area contributed by atoms with E-state index in [1.807, 2.05) is 6.07 Å². The molecule has 0 saturated heterocycles. The quantitative estimate of drug-likeness (QED) is 0.830. The summed E-state index contributed by atoms with van der Waals surface area (Å²) in [6.45, 7) is 3.14. The van der Waals surface area contributed by atoms with Gasteiger partial charge in [-0.2, -0.15) is 0 Å². The number of nitrogens with one attached hydrogen (secondary N) is 1. The molecular formula is C17H18N2S. The summed E-state index contributed by atoms with van der Waals surface area (Å²) in [5.74, 6) is 0. The van der Waals surface area contributed by atoms with Crippen LogP contribution >= 0.6 is 12.2 Å². The van der Waals surface area contributed by atoms with Crippen LogP contribution < -0.4 is 10.2 Å². The molecule has 0 spiro atoms. The van der Waals surface area contributed by atoms with E-state index >= 15 is 0 Å². The largest absolute Gasteiger partial charge is 0.362 e. The highest BCUT2D eigenvalue weighted by Gasteiger charge is 2.23. The second-order valence-electron chi connectivity index (χ2n) is 5.23. The van der Waals surface area contributed by atoms with Crippen molar-refractivity contribution in [3.63, 3.8) is 0 Å². The zero-order valence-electron chi connectivity index (χ0n) is 11.5. The highest BCUT2D eigenvalue weighted by Crippen LogP contribution is 2.32. The number of benzene rings is 2. The molecule has 0 unspecified atom stereocenters. The Bertz CT molecular complexity index is 609. The van der Waals surface area contributed by atoms with Gasteiger partial charge in [0.1, 0.15) is 0 Å². The molecule has 2 aromatic rings. The maximum Gasteiger partial charge on any atom is 0.0818 e. The van der Waals surface area contributed by atoms with Crippen LogP contribution in [0.25, 0.3) is 0 Å². The smallest absolute Gasteiger partial charge is 0.0818 e. The topological polar surface area (TPSA) is 15.3 Å². The Balaban J connectivity index is 1.97. The molecule has 0 amide bonds. The lowest BCUT2D eigenvalue weighted by Crippen LogP contribution is -2.32. The van der Waals surface area contributed by atoms with Crippen LogP contribution in [0.2, 0.25) is 0 Å². The third-order valence-corrected chi connectivity index (χ3v) is 3.96. The van der Waals surface area contributed by atoms with Gasteiger partial charge in [-0.3, -0.25) is 0 Å². The monoisotopic (exact) mass is 282 g/mol. The van der Waals surface area contributed by atoms with E-state index < -0.39 is 0 Å². The summed E-state index contributed by atoms with van der Waals surface area (Å²) in [5, 5.41) is 3.36. The number of nitrogens with zero attached hydrogens (tertiary/aromatic N) is 1. The lowest BCUT2D eigenvalue weighted by molar-refractivity contribution is 0.659. The van der Waals surface area contributed by atoms with Gasteiger partial charge in [-0.15, -0.1) is 0 Å². The number of para-hydroxylation sites is 2. The molecule has 0 fully saturated rings. The molecule has 1 aliphatic heterocycles. The SMILES string of the molecule is C[C@H]1CC(=S)Nc2ccccc2N1Cc1ccccc1. The Labute approximate surface area is 125 Å². The minimum Gasteiger partial charge on any atom is -0.362 e. The van der Waals surface area contributed by atoms with Gasteiger partial charge in [0.15, 0.2) is 0 Å². The molecule has 3 heteroatoms. The van der Waals surface area contributed by atoms with Gasteiger partial charge >= 0.3 is 0 Å². The van der Waals surface area contributed by atoms with Crippen molar-refractivity contribution in [1.29, 1.82) is 0 Å². The first kappa shape index (κ1) is 13.1. The lowest BCUT2D eigenvalue weighted by Gasteiger charge is -2.30. The summed E-state index contributed by atoms with van der Waals surface area (Å²) < 4.78 is 0. The van der Waals surface area contributed by atoms with Gasteiger partial charge in [0.2, 0.25) is 0 Å². The average molecular weight is 282 g/mol. The Hall–Kier alpha value is -1.87. The van der Waals surface area contributed by atoms with E-state index in [2.05, 4.69) is 65.7 Å². The molecule has 1 heterocycles. The number of rotatable bonds is 2. The van der Waals surface area contributed by atoms with Crippen LogP contribution in [0.3, 0.4) is 0 Å². The van der Waals surface area contributed by atoms with Crippen molar-refractivity contribution in [2.24, 2.45) is 0 Å². The highest BCUT2D eigenvalue weighted by molar-refractivity contribution is 7.80. The fourth-order valence-electron chi connectivity index (χ4n) is 2.67. The Morgan fingerprint density at radius 3 is 2.60 bits per heavy atom. The van der Waals surface area contributed by atoms with Crippen LogP contribution in [0.5, 0.6) is 0 Å². The predicted octanol–water partition coefficient (Wildman–Crippen LogP) is 4.22. The van der Waals surface area contributed by atoms with Crippen molar-refractivity contribution in [3.05, 3.63) is 60.2 Å².